The molecule has 4 aromatic rings. The summed E-state index contributed by atoms with van der Waals surface area (Å²) >= 11 is 0. The molecular formula is C23H18FN5O2. The number of nitrogens with one attached hydrogen (secondary N) is 1. The van der Waals surface area contributed by atoms with Crippen molar-refractivity contribution >= 4 is 28.2 Å². The first kappa shape index (κ1) is 18.9. The van der Waals surface area contributed by atoms with Gasteiger partial charge < -0.3 is 9.88 Å². The maximum Gasteiger partial charge on any atom is 0.306 e. The zero-order valence-corrected chi connectivity index (χ0v) is 16.7. The second-order valence-electron chi connectivity index (χ2n) is 7.39. The van der Waals surface area contributed by atoms with Crippen LogP contribution in [0, 0.1) is 22.9 Å². The molecule has 31 heavy (non-hydrogen) atoms. The molecule has 0 radical (unpaired) electrons. The monoisotopic (exact) mass is 415 g/mol. The van der Waals surface area contributed by atoms with Gasteiger partial charge in [-0.25, -0.2) is 9.97 Å². The van der Waals surface area contributed by atoms with E-state index in [9.17, 15) is 14.5 Å². The number of rotatable bonds is 4. The summed E-state index contributed by atoms with van der Waals surface area (Å²) in [6.07, 6.45) is 6.76. The summed E-state index contributed by atoms with van der Waals surface area (Å²) < 4.78 is 16.2. The number of fused-ring (bicyclic) bond motifs is 3. The van der Waals surface area contributed by atoms with Crippen molar-refractivity contribution in [1.29, 1.82) is 0 Å². The summed E-state index contributed by atoms with van der Waals surface area (Å²) in [5, 5.41) is 15.2. The Morgan fingerprint density at radius 3 is 2.87 bits per heavy atom. The van der Waals surface area contributed by atoms with E-state index in [0.717, 1.165) is 41.2 Å². The van der Waals surface area contributed by atoms with Crippen molar-refractivity contribution in [2.24, 2.45) is 0 Å². The Balaban J connectivity index is 1.59. The van der Waals surface area contributed by atoms with E-state index in [1.807, 2.05) is 18.2 Å². The van der Waals surface area contributed by atoms with Crippen LogP contribution in [0.25, 0.3) is 22.2 Å². The molecule has 154 valence electrons. The van der Waals surface area contributed by atoms with E-state index in [-0.39, 0.29) is 5.95 Å². The molecule has 0 atom stereocenters. The first-order valence-corrected chi connectivity index (χ1v) is 9.83. The van der Waals surface area contributed by atoms with Crippen LogP contribution in [-0.4, -0.2) is 19.5 Å². The number of halogens is 1. The number of aryl methyl sites for hydroxylation is 1. The van der Waals surface area contributed by atoms with Crippen LogP contribution in [0.15, 0.2) is 60.8 Å². The molecule has 1 N–H and O–H groups in total. The topological polar surface area (TPSA) is 85.9 Å². The van der Waals surface area contributed by atoms with Crippen molar-refractivity contribution in [3.05, 3.63) is 88.0 Å². The van der Waals surface area contributed by atoms with Crippen LogP contribution in [-0.2, 0) is 13.0 Å². The summed E-state index contributed by atoms with van der Waals surface area (Å²) in [5.41, 5.74) is 4.45. The standard InChI is InChI=1S/C23H18FN5O2/c1-14-12-16(24)21(29(30)31)13-18(14)27-23-25-10-9-17(26-23)22-15-6-2-3-7-19(15)28-11-5-4-8-20(22)28/h2-7,9-10,12-13H,8,11H2,1H3,(H,25,26,27). The summed E-state index contributed by atoms with van der Waals surface area (Å²) in [5.74, 6) is -0.584. The number of nitro groups is 1. The molecule has 0 aliphatic carbocycles. The van der Waals surface area contributed by atoms with E-state index in [4.69, 9.17) is 0 Å². The van der Waals surface area contributed by atoms with Crippen molar-refractivity contribution in [3.8, 4) is 11.3 Å². The number of nitro benzene ring substituents is 1. The number of benzene rings is 2. The molecule has 0 fully saturated rings. The molecule has 2 aromatic heterocycles. The van der Waals surface area contributed by atoms with Crippen LogP contribution in [0.1, 0.15) is 11.3 Å². The highest BCUT2D eigenvalue weighted by Gasteiger charge is 2.21. The highest BCUT2D eigenvalue weighted by Crippen LogP contribution is 2.36. The molecule has 0 amide bonds. The molecule has 0 saturated carbocycles. The Hall–Kier alpha value is -4.07. The molecule has 0 saturated heterocycles. The van der Waals surface area contributed by atoms with Crippen LogP contribution >= 0.6 is 0 Å². The second kappa shape index (κ2) is 7.32. The number of para-hydroxylation sites is 1. The Kier molecular flexibility index (Phi) is 4.47. The maximum atomic E-state index is 13.9. The fraction of sp³-hybridized carbons (Fsp3) is 0.130. The summed E-state index contributed by atoms with van der Waals surface area (Å²) in [6.45, 7) is 2.48. The van der Waals surface area contributed by atoms with Crippen LogP contribution < -0.4 is 5.32 Å². The van der Waals surface area contributed by atoms with Gasteiger partial charge in [-0.05, 0) is 30.7 Å². The molecular weight excluding hydrogens is 397 g/mol. The number of nitrogens with zero attached hydrogens (tertiary/aromatic N) is 4. The van der Waals surface area contributed by atoms with Gasteiger partial charge in [-0.3, -0.25) is 10.1 Å². The van der Waals surface area contributed by atoms with Gasteiger partial charge >= 0.3 is 5.69 Å². The van der Waals surface area contributed by atoms with E-state index < -0.39 is 16.4 Å². The highest BCUT2D eigenvalue weighted by atomic mass is 19.1. The fourth-order valence-electron chi connectivity index (χ4n) is 4.05. The Morgan fingerprint density at radius 2 is 2.03 bits per heavy atom. The van der Waals surface area contributed by atoms with Crippen molar-refractivity contribution in [3.63, 3.8) is 0 Å². The minimum absolute atomic E-state index is 0.289. The summed E-state index contributed by atoms with van der Waals surface area (Å²) in [7, 11) is 0. The first-order valence-electron chi connectivity index (χ1n) is 9.83. The molecule has 5 rings (SSSR count). The molecule has 3 heterocycles. The third-order valence-corrected chi connectivity index (χ3v) is 5.49. The smallest absolute Gasteiger partial charge is 0.306 e. The third-order valence-electron chi connectivity index (χ3n) is 5.49. The maximum absolute atomic E-state index is 13.9. The third kappa shape index (κ3) is 3.22. The van der Waals surface area contributed by atoms with Crippen molar-refractivity contribution < 1.29 is 9.31 Å². The second-order valence-corrected chi connectivity index (χ2v) is 7.39. The lowest BCUT2D eigenvalue weighted by atomic mass is 10.0. The number of hydrogen-bond acceptors (Lipinski definition) is 5. The Morgan fingerprint density at radius 1 is 1.19 bits per heavy atom. The van der Waals surface area contributed by atoms with Gasteiger partial charge in [0.05, 0.1) is 16.3 Å². The molecule has 1 aliphatic rings. The van der Waals surface area contributed by atoms with E-state index >= 15 is 0 Å². The SMILES string of the molecule is Cc1cc(F)c([N+](=O)[O-])cc1Nc1nccc(-c2c3n(c4ccccc24)CC=CC3)n1. The van der Waals surface area contributed by atoms with Crippen molar-refractivity contribution in [2.75, 3.05) is 5.32 Å². The zero-order chi connectivity index (χ0) is 21.5. The van der Waals surface area contributed by atoms with Crippen LogP contribution in [0.3, 0.4) is 0 Å². The van der Waals surface area contributed by atoms with Gasteiger partial charge in [-0.1, -0.05) is 30.4 Å². The lowest BCUT2D eigenvalue weighted by Gasteiger charge is -2.13. The molecule has 0 spiro atoms. The molecule has 8 heteroatoms. The van der Waals surface area contributed by atoms with Gasteiger partial charge in [0.2, 0.25) is 11.8 Å². The average Bonchev–Trinajstić information content (AvgIpc) is 3.10. The lowest BCUT2D eigenvalue weighted by Crippen LogP contribution is -2.06. The first-order chi connectivity index (χ1) is 15.0. The minimum Gasteiger partial charge on any atom is -0.340 e. The number of hydrogen-bond donors (Lipinski definition) is 1. The van der Waals surface area contributed by atoms with Crippen LogP contribution in [0.4, 0.5) is 21.7 Å². The highest BCUT2D eigenvalue weighted by molar-refractivity contribution is 5.97. The Bertz CT molecular complexity index is 1380. The number of allylic oxidation sites excluding steroid dienone is 2. The lowest BCUT2D eigenvalue weighted by molar-refractivity contribution is -0.387. The quantitative estimate of drug-likeness (QED) is 0.277. The summed E-state index contributed by atoms with van der Waals surface area (Å²) in [6, 6.07) is 12.4. The van der Waals surface area contributed by atoms with E-state index in [0.29, 0.717) is 11.3 Å². The van der Waals surface area contributed by atoms with Gasteiger partial charge in [-0.15, -0.1) is 0 Å². The zero-order valence-electron chi connectivity index (χ0n) is 16.7. The molecule has 1 aliphatic heterocycles. The van der Waals surface area contributed by atoms with Gasteiger partial charge in [-0.2, -0.15) is 4.39 Å². The molecule has 0 unspecified atom stereocenters. The van der Waals surface area contributed by atoms with Gasteiger partial charge in [0.25, 0.3) is 0 Å². The van der Waals surface area contributed by atoms with Gasteiger partial charge in [0, 0.05) is 47.4 Å². The van der Waals surface area contributed by atoms with Gasteiger partial charge in [0.1, 0.15) is 0 Å². The summed E-state index contributed by atoms with van der Waals surface area (Å²) in [4.78, 5) is 19.3. The van der Waals surface area contributed by atoms with Gasteiger partial charge in [0.15, 0.2) is 0 Å². The molecule has 2 aromatic carbocycles. The molecule has 7 nitrogen and oxygen atoms in total. The fourth-order valence-corrected chi connectivity index (χ4v) is 4.05. The van der Waals surface area contributed by atoms with Crippen molar-refractivity contribution in [1.82, 2.24) is 14.5 Å². The van der Waals surface area contributed by atoms with E-state index in [1.165, 1.54) is 11.8 Å². The van der Waals surface area contributed by atoms with Crippen LogP contribution in [0.5, 0.6) is 0 Å². The predicted molar refractivity (Wildman–Crippen MR) is 117 cm³/mol. The Labute approximate surface area is 177 Å². The molecule has 0 bridgehead atoms. The minimum atomic E-state index is -0.873. The average molecular weight is 415 g/mol. The van der Waals surface area contributed by atoms with Crippen LogP contribution in [0.2, 0.25) is 0 Å². The van der Waals surface area contributed by atoms with E-state index in [1.54, 1.807) is 13.1 Å². The predicted octanol–water partition coefficient (Wildman–Crippen LogP) is 5.31. The number of anilines is 2. The van der Waals surface area contributed by atoms with E-state index in [2.05, 4.69) is 44.1 Å². The normalized spacial score (nSPS) is 12.7. The number of aromatic nitrogens is 3. The van der Waals surface area contributed by atoms with Crippen molar-refractivity contribution in [2.45, 2.75) is 19.9 Å². The largest absolute Gasteiger partial charge is 0.340 e.